The van der Waals surface area contributed by atoms with Crippen LogP contribution in [0, 0.1) is 5.92 Å². The Labute approximate surface area is 160 Å². The van der Waals surface area contributed by atoms with Crippen LogP contribution in [0.15, 0.2) is 12.1 Å². The number of nitrogens with one attached hydrogen (secondary N) is 2. The first-order valence-electron chi connectivity index (χ1n) is 7.93. The van der Waals surface area contributed by atoms with Crippen LogP contribution in [0.2, 0.25) is 0 Å². The number of carbonyl (C=O) groups is 2. The van der Waals surface area contributed by atoms with E-state index in [1.54, 1.807) is 12.1 Å². The number of methoxy groups -OCH3 is 3. The number of amides is 2. The zero-order valence-electron chi connectivity index (χ0n) is 15.8. The Morgan fingerprint density at radius 2 is 1.65 bits per heavy atom. The molecule has 0 heterocycles. The van der Waals surface area contributed by atoms with Gasteiger partial charge in [0, 0.05) is 12.1 Å². The maximum absolute atomic E-state index is 11.9. The van der Waals surface area contributed by atoms with Crippen molar-refractivity contribution in [2.45, 2.75) is 26.4 Å². The number of carbonyl (C=O) groups excluding carboxylic acids is 2. The fourth-order valence-corrected chi connectivity index (χ4v) is 2.15. The van der Waals surface area contributed by atoms with Crippen molar-refractivity contribution in [1.82, 2.24) is 10.6 Å². The van der Waals surface area contributed by atoms with Gasteiger partial charge in [0.1, 0.15) is 0 Å². The van der Waals surface area contributed by atoms with E-state index >= 15 is 0 Å². The fourth-order valence-electron chi connectivity index (χ4n) is 2.15. The first kappa shape index (κ1) is 23.8. The molecule has 0 bridgehead atoms. The lowest BCUT2D eigenvalue weighted by molar-refractivity contribution is -0.127. The highest BCUT2D eigenvalue weighted by Gasteiger charge is 2.18. The van der Waals surface area contributed by atoms with Gasteiger partial charge in [0.25, 0.3) is 0 Å². The fraction of sp³-hybridized carbons (Fsp3) is 0.529. The van der Waals surface area contributed by atoms with Crippen molar-refractivity contribution in [3.8, 4) is 17.2 Å². The van der Waals surface area contributed by atoms with Gasteiger partial charge in [-0.15, -0.1) is 12.4 Å². The molecule has 0 saturated heterocycles. The Balaban J connectivity index is 0.00000625. The van der Waals surface area contributed by atoms with Crippen molar-refractivity contribution >= 4 is 24.2 Å². The largest absolute Gasteiger partial charge is 0.493 e. The summed E-state index contributed by atoms with van der Waals surface area (Å²) in [5.74, 6) is 0.777. The van der Waals surface area contributed by atoms with E-state index in [0.717, 1.165) is 5.56 Å². The topological polar surface area (TPSA) is 112 Å². The van der Waals surface area contributed by atoms with Gasteiger partial charge in [0.15, 0.2) is 11.5 Å². The number of benzene rings is 1. The SMILES string of the molecule is COc1ccc(CNC(=O)CNC(=O)[C@@H](N)C(C)C)c(OC)c1OC.Cl. The van der Waals surface area contributed by atoms with E-state index in [9.17, 15) is 9.59 Å². The summed E-state index contributed by atoms with van der Waals surface area (Å²) < 4.78 is 15.9. The summed E-state index contributed by atoms with van der Waals surface area (Å²) >= 11 is 0. The maximum Gasteiger partial charge on any atom is 0.239 e. The van der Waals surface area contributed by atoms with Crippen LogP contribution in [-0.2, 0) is 16.1 Å². The minimum absolute atomic E-state index is 0. The molecule has 0 aliphatic carbocycles. The average molecular weight is 390 g/mol. The van der Waals surface area contributed by atoms with Crippen LogP contribution >= 0.6 is 12.4 Å². The minimum Gasteiger partial charge on any atom is -0.493 e. The number of rotatable bonds is 9. The Morgan fingerprint density at radius 1 is 1.04 bits per heavy atom. The van der Waals surface area contributed by atoms with Crippen LogP contribution in [0.1, 0.15) is 19.4 Å². The van der Waals surface area contributed by atoms with Gasteiger partial charge in [-0.3, -0.25) is 9.59 Å². The van der Waals surface area contributed by atoms with Gasteiger partial charge < -0.3 is 30.6 Å². The van der Waals surface area contributed by atoms with E-state index in [4.69, 9.17) is 19.9 Å². The standard InChI is InChI=1S/C17H27N3O5.ClH/c1-10(2)14(18)17(22)20-9-13(21)19-8-11-6-7-12(23-3)16(25-5)15(11)24-4;/h6-7,10,14H,8-9,18H2,1-5H3,(H,19,21)(H,20,22);1H/t14-;/m0./s1. The number of nitrogens with two attached hydrogens (primary N) is 1. The van der Waals surface area contributed by atoms with Crippen LogP contribution in [0.4, 0.5) is 0 Å². The molecule has 0 aliphatic rings. The molecule has 148 valence electrons. The number of ether oxygens (including phenoxy) is 3. The van der Waals surface area contributed by atoms with E-state index < -0.39 is 6.04 Å². The van der Waals surface area contributed by atoms with E-state index in [1.807, 2.05) is 13.8 Å². The second-order valence-electron chi connectivity index (χ2n) is 5.76. The van der Waals surface area contributed by atoms with Gasteiger partial charge in [-0.25, -0.2) is 0 Å². The molecule has 4 N–H and O–H groups in total. The molecule has 0 unspecified atom stereocenters. The molecule has 0 aliphatic heterocycles. The Kier molecular flexibility index (Phi) is 10.5. The van der Waals surface area contributed by atoms with Crippen molar-refractivity contribution in [3.63, 3.8) is 0 Å². The molecule has 0 saturated carbocycles. The summed E-state index contributed by atoms with van der Waals surface area (Å²) in [7, 11) is 4.55. The summed E-state index contributed by atoms with van der Waals surface area (Å²) in [5, 5.41) is 5.23. The van der Waals surface area contributed by atoms with Gasteiger partial charge >= 0.3 is 0 Å². The molecule has 0 radical (unpaired) electrons. The van der Waals surface area contributed by atoms with Gasteiger partial charge in [-0.05, 0) is 18.1 Å². The van der Waals surface area contributed by atoms with Crippen LogP contribution in [0.3, 0.4) is 0 Å². The number of hydrogen-bond donors (Lipinski definition) is 3. The highest BCUT2D eigenvalue weighted by Crippen LogP contribution is 2.39. The third-order valence-corrected chi connectivity index (χ3v) is 3.71. The summed E-state index contributed by atoms with van der Waals surface area (Å²) in [4.78, 5) is 23.7. The van der Waals surface area contributed by atoms with Crippen LogP contribution in [0.5, 0.6) is 17.2 Å². The molecule has 1 atom stereocenters. The van der Waals surface area contributed by atoms with Crippen molar-refractivity contribution in [1.29, 1.82) is 0 Å². The van der Waals surface area contributed by atoms with Crippen molar-refractivity contribution in [2.75, 3.05) is 27.9 Å². The van der Waals surface area contributed by atoms with Crippen LogP contribution < -0.4 is 30.6 Å². The molecule has 2 amide bonds. The van der Waals surface area contributed by atoms with Gasteiger partial charge in [-0.1, -0.05) is 13.8 Å². The third kappa shape index (κ3) is 6.27. The second kappa shape index (κ2) is 11.4. The highest BCUT2D eigenvalue weighted by atomic mass is 35.5. The highest BCUT2D eigenvalue weighted by molar-refractivity contribution is 5.87. The van der Waals surface area contributed by atoms with Crippen LogP contribution in [-0.4, -0.2) is 45.7 Å². The normalized spacial score (nSPS) is 11.2. The van der Waals surface area contributed by atoms with Crippen molar-refractivity contribution in [2.24, 2.45) is 11.7 Å². The summed E-state index contributed by atoms with van der Waals surface area (Å²) in [5.41, 5.74) is 6.44. The molecule has 1 rings (SSSR count). The maximum atomic E-state index is 11.9. The molecule has 1 aromatic carbocycles. The van der Waals surface area contributed by atoms with E-state index in [2.05, 4.69) is 10.6 Å². The Morgan fingerprint density at radius 3 is 2.15 bits per heavy atom. The van der Waals surface area contributed by atoms with Crippen LogP contribution in [0.25, 0.3) is 0 Å². The first-order chi connectivity index (χ1) is 11.8. The number of halogens is 1. The molecule has 0 fully saturated rings. The Hall–Kier alpha value is -2.19. The van der Waals surface area contributed by atoms with Crippen molar-refractivity contribution < 1.29 is 23.8 Å². The summed E-state index contributed by atoms with van der Waals surface area (Å²) in [6.45, 7) is 3.75. The smallest absolute Gasteiger partial charge is 0.239 e. The molecule has 8 nitrogen and oxygen atoms in total. The van der Waals surface area contributed by atoms with E-state index in [0.29, 0.717) is 17.2 Å². The average Bonchev–Trinajstić information content (AvgIpc) is 2.62. The quantitative estimate of drug-likeness (QED) is 0.577. The molecular formula is C17H28ClN3O5. The Bertz CT molecular complexity index is 610. The monoisotopic (exact) mass is 389 g/mol. The van der Waals surface area contributed by atoms with Gasteiger partial charge in [-0.2, -0.15) is 0 Å². The zero-order valence-corrected chi connectivity index (χ0v) is 16.6. The van der Waals surface area contributed by atoms with E-state index in [1.165, 1.54) is 21.3 Å². The van der Waals surface area contributed by atoms with E-state index in [-0.39, 0.29) is 43.2 Å². The minimum atomic E-state index is -0.640. The lowest BCUT2D eigenvalue weighted by atomic mass is 10.1. The molecule has 1 aromatic rings. The predicted molar refractivity (Wildman–Crippen MR) is 101 cm³/mol. The van der Waals surface area contributed by atoms with Gasteiger partial charge in [0.05, 0.1) is 33.9 Å². The summed E-state index contributed by atoms with van der Waals surface area (Å²) in [6, 6.07) is 2.86. The zero-order chi connectivity index (χ0) is 19.0. The first-order valence-corrected chi connectivity index (χ1v) is 7.93. The van der Waals surface area contributed by atoms with Crippen molar-refractivity contribution in [3.05, 3.63) is 17.7 Å². The summed E-state index contributed by atoms with van der Waals surface area (Å²) in [6.07, 6.45) is 0. The molecular weight excluding hydrogens is 362 g/mol. The third-order valence-electron chi connectivity index (χ3n) is 3.71. The predicted octanol–water partition coefficient (Wildman–Crippen LogP) is 0.850. The number of hydrogen-bond acceptors (Lipinski definition) is 6. The molecule has 9 heteroatoms. The lowest BCUT2D eigenvalue weighted by Crippen LogP contribution is -2.47. The van der Waals surface area contributed by atoms with Gasteiger partial charge in [0.2, 0.25) is 17.6 Å². The molecule has 26 heavy (non-hydrogen) atoms. The second-order valence-corrected chi connectivity index (χ2v) is 5.76. The molecule has 0 spiro atoms. The molecule has 0 aromatic heterocycles. The lowest BCUT2D eigenvalue weighted by Gasteiger charge is -2.17.